The van der Waals surface area contributed by atoms with E-state index in [9.17, 15) is 9.59 Å². The molecule has 2 rings (SSSR count). The first-order chi connectivity index (χ1) is 14.6. The summed E-state index contributed by atoms with van der Waals surface area (Å²) in [6.45, 7) is 21.4. The minimum atomic E-state index is -3.52. The Morgan fingerprint density at radius 2 is 1.58 bits per heavy atom. The van der Waals surface area contributed by atoms with Crippen LogP contribution in [0.2, 0.25) is 36.3 Å². The van der Waals surface area contributed by atoms with E-state index in [-0.39, 0.29) is 22.2 Å². The maximum absolute atomic E-state index is 15.9. The van der Waals surface area contributed by atoms with Crippen LogP contribution >= 0.6 is 0 Å². The van der Waals surface area contributed by atoms with E-state index in [1.54, 1.807) is 0 Å². The molecule has 190 valence electrons. The molecular weight excluding hydrogens is 466 g/mol. The minimum absolute atomic E-state index is 0.0705. The van der Waals surface area contributed by atoms with Crippen molar-refractivity contribution >= 4 is 16.6 Å². The van der Waals surface area contributed by atoms with E-state index in [1.807, 2.05) is 47.0 Å². The second-order valence-corrected chi connectivity index (χ2v) is 21.6. The quantitative estimate of drug-likeness (QED) is 0.561. The Balaban J connectivity index is 2.50. The Kier molecular flexibility index (Phi) is 7.50. The summed E-state index contributed by atoms with van der Waals surface area (Å²) in [5.74, 6) is -3.52. The van der Waals surface area contributed by atoms with Gasteiger partial charge in [-0.3, -0.25) is 14.3 Å². The molecule has 0 spiro atoms. The molecule has 0 amide bonds. The highest BCUT2D eigenvalue weighted by Gasteiger charge is 2.63. The molecule has 1 unspecified atom stereocenters. The summed E-state index contributed by atoms with van der Waals surface area (Å²) in [5, 5.41) is -0.423. The van der Waals surface area contributed by atoms with Gasteiger partial charge in [-0.15, -0.1) is 0 Å². The third kappa shape index (κ3) is 5.58. The summed E-state index contributed by atoms with van der Waals surface area (Å²) in [6.07, 6.45) is -3.47. The number of nitrogens with one attached hydrogen (secondary N) is 1. The number of aromatic nitrogens is 2. The SMILES string of the molecule is Cc1cn(C2O[C@@H](CO[Si](C)(C)C(C)(C)C)[C@H](O[Si](C)(C)C(C)(C)C)C2(F)F)c(=O)[nH]c1=O. The Morgan fingerprint density at radius 1 is 1.06 bits per heavy atom. The van der Waals surface area contributed by atoms with Gasteiger partial charge in [-0.25, -0.2) is 4.79 Å². The third-order valence-electron chi connectivity index (χ3n) is 7.39. The second-order valence-electron chi connectivity index (χ2n) is 12.1. The summed E-state index contributed by atoms with van der Waals surface area (Å²) in [4.78, 5) is 26.3. The summed E-state index contributed by atoms with van der Waals surface area (Å²) in [5.41, 5.74) is -1.44. The van der Waals surface area contributed by atoms with Crippen molar-refractivity contribution in [2.24, 2.45) is 0 Å². The fourth-order valence-corrected chi connectivity index (χ4v) is 5.32. The highest BCUT2D eigenvalue weighted by molar-refractivity contribution is 6.74. The van der Waals surface area contributed by atoms with E-state index in [4.69, 9.17) is 13.6 Å². The second kappa shape index (κ2) is 8.81. The number of aromatic amines is 1. The molecule has 1 aromatic rings. The summed E-state index contributed by atoms with van der Waals surface area (Å²) < 4.78 is 50.7. The van der Waals surface area contributed by atoms with E-state index in [2.05, 4.69) is 25.8 Å². The molecule has 2 heterocycles. The van der Waals surface area contributed by atoms with Crippen molar-refractivity contribution in [3.63, 3.8) is 0 Å². The minimum Gasteiger partial charge on any atom is -0.414 e. The van der Waals surface area contributed by atoms with Crippen LogP contribution in [-0.4, -0.2) is 50.9 Å². The predicted octanol–water partition coefficient (Wildman–Crippen LogP) is 4.79. The van der Waals surface area contributed by atoms with Crippen LogP contribution in [0.4, 0.5) is 8.78 Å². The number of ether oxygens (including phenoxy) is 1. The van der Waals surface area contributed by atoms with Crippen molar-refractivity contribution in [1.29, 1.82) is 0 Å². The predicted molar refractivity (Wildman–Crippen MR) is 130 cm³/mol. The zero-order chi connectivity index (χ0) is 25.8. The molecule has 1 fully saturated rings. The molecule has 0 bridgehead atoms. The molecule has 7 nitrogen and oxygen atoms in total. The maximum atomic E-state index is 15.9. The largest absolute Gasteiger partial charge is 0.414 e. The Morgan fingerprint density at radius 3 is 2.06 bits per heavy atom. The standard InChI is InChI=1S/C22H40F2N2O5Si2/c1-14-12-26(19(28)25-17(14)27)18-22(23,24)16(31-33(10,11)21(5,6)7)15(30-18)13-29-32(8,9)20(2,3)4/h12,15-16,18H,13H2,1-11H3,(H,25,27,28)/t15-,16-,18?/m0/s1. The number of alkyl halides is 2. The van der Waals surface area contributed by atoms with E-state index in [1.165, 1.54) is 6.92 Å². The van der Waals surface area contributed by atoms with Crippen LogP contribution in [0.5, 0.6) is 0 Å². The number of halogens is 2. The summed E-state index contributed by atoms with van der Waals surface area (Å²) in [7, 11) is -4.88. The summed E-state index contributed by atoms with van der Waals surface area (Å²) >= 11 is 0. The first-order valence-electron chi connectivity index (χ1n) is 11.3. The smallest absolute Gasteiger partial charge is 0.330 e. The van der Waals surface area contributed by atoms with E-state index < -0.39 is 52.2 Å². The average Bonchev–Trinajstić information content (AvgIpc) is 2.85. The van der Waals surface area contributed by atoms with Gasteiger partial charge in [0.15, 0.2) is 16.6 Å². The van der Waals surface area contributed by atoms with Crippen LogP contribution < -0.4 is 11.2 Å². The molecule has 0 aliphatic carbocycles. The average molecular weight is 507 g/mol. The van der Waals surface area contributed by atoms with Gasteiger partial charge in [0.05, 0.1) is 6.61 Å². The highest BCUT2D eigenvalue weighted by atomic mass is 28.4. The van der Waals surface area contributed by atoms with E-state index >= 15 is 8.78 Å². The van der Waals surface area contributed by atoms with Gasteiger partial charge in [-0.2, -0.15) is 8.78 Å². The molecule has 3 atom stereocenters. The van der Waals surface area contributed by atoms with Gasteiger partial charge in [0.1, 0.15) is 12.2 Å². The first kappa shape index (κ1) is 28.1. The Bertz CT molecular complexity index is 977. The lowest BCUT2D eigenvalue weighted by atomic mass is 10.1. The summed E-state index contributed by atoms with van der Waals surface area (Å²) in [6, 6.07) is 0. The van der Waals surface area contributed by atoms with Crippen LogP contribution in [-0.2, 0) is 13.6 Å². The lowest BCUT2D eigenvalue weighted by molar-refractivity contribution is -0.138. The van der Waals surface area contributed by atoms with Gasteiger partial charge < -0.3 is 13.6 Å². The highest BCUT2D eigenvalue weighted by Crippen LogP contribution is 2.48. The molecule has 1 saturated heterocycles. The molecule has 33 heavy (non-hydrogen) atoms. The fraction of sp³-hybridized carbons (Fsp3) is 0.818. The van der Waals surface area contributed by atoms with Crippen LogP contribution in [0, 0.1) is 6.92 Å². The van der Waals surface area contributed by atoms with Gasteiger partial charge in [0.2, 0.25) is 6.23 Å². The normalized spacial score (nSPS) is 24.3. The molecule has 1 N–H and O–H groups in total. The van der Waals surface area contributed by atoms with E-state index in [0.29, 0.717) is 0 Å². The molecule has 0 saturated carbocycles. The van der Waals surface area contributed by atoms with Crippen molar-refractivity contribution in [3.05, 3.63) is 32.6 Å². The number of rotatable bonds is 6. The van der Waals surface area contributed by atoms with Gasteiger partial charge in [0.25, 0.3) is 5.56 Å². The van der Waals surface area contributed by atoms with Crippen LogP contribution in [0.1, 0.15) is 53.3 Å². The molecule has 0 aromatic carbocycles. The number of aryl methyl sites for hydroxylation is 1. The van der Waals surface area contributed by atoms with Crippen molar-refractivity contribution in [2.45, 2.75) is 109 Å². The van der Waals surface area contributed by atoms with Crippen LogP contribution in [0.3, 0.4) is 0 Å². The number of hydrogen-bond donors (Lipinski definition) is 1. The van der Waals surface area contributed by atoms with Crippen LogP contribution in [0.25, 0.3) is 0 Å². The molecule has 1 aromatic heterocycles. The lowest BCUT2D eigenvalue weighted by Crippen LogP contribution is -2.53. The zero-order valence-corrected chi connectivity index (χ0v) is 23.8. The van der Waals surface area contributed by atoms with Crippen LogP contribution in [0.15, 0.2) is 15.8 Å². The maximum Gasteiger partial charge on any atom is 0.330 e. The monoisotopic (exact) mass is 506 g/mol. The van der Waals surface area contributed by atoms with Gasteiger partial charge in [0, 0.05) is 11.8 Å². The zero-order valence-electron chi connectivity index (χ0n) is 21.8. The molecular formula is C22H40F2N2O5Si2. The molecule has 1 aliphatic heterocycles. The van der Waals surface area contributed by atoms with Crippen molar-refractivity contribution in [1.82, 2.24) is 9.55 Å². The third-order valence-corrected chi connectivity index (χ3v) is 16.3. The number of H-pyrrole nitrogens is 1. The molecule has 0 radical (unpaired) electrons. The molecule has 1 aliphatic rings. The van der Waals surface area contributed by atoms with Gasteiger partial charge >= 0.3 is 11.6 Å². The van der Waals surface area contributed by atoms with Gasteiger partial charge in [-0.05, 0) is 43.2 Å². The lowest BCUT2D eigenvalue weighted by Gasteiger charge is -2.41. The Labute approximate surface area is 197 Å². The fourth-order valence-electron chi connectivity index (χ4n) is 3.01. The van der Waals surface area contributed by atoms with Crippen molar-refractivity contribution < 1.29 is 22.4 Å². The first-order valence-corrected chi connectivity index (χ1v) is 17.1. The van der Waals surface area contributed by atoms with Gasteiger partial charge in [-0.1, -0.05) is 41.5 Å². The number of nitrogens with zero attached hydrogens (tertiary/aromatic N) is 1. The number of hydrogen-bond acceptors (Lipinski definition) is 5. The Hall–Kier alpha value is -1.15. The van der Waals surface area contributed by atoms with E-state index in [0.717, 1.165) is 10.8 Å². The van der Waals surface area contributed by atoms with Crippen molar-refractivity contribution in [3.8, 4) is 0 Å². The topological polar surface area (TPSA) is 82.6 Å². The van der Waals surface area contributed by atoms with Crippen molar-refractivity contribution in [2.75, 3.05) is 6.61 Å². The molecule has 11 heteroatoms.